The normalized spacial score (nSPS) is 11.1. The van der Waals surface area contributed by atoms with E-state index in [1.807, 2.05) is 62.8 Å². The van der Waals surface area contributed by atoms with Gasteiger partial charge >= 0.3 is 0 Å². The predicted octanol–water partition coefficient (Wildman–Crippen LogP) is 5.49. The zero-order valence-corrected chi connectivity index (χ0v) is 21.3. The zero-order chi connectivity index (χ0) is 27.0. The average Bonchev–Trinajstić information content (AvgIpc) is 3.46. The van der Waals surface area contributed by atoms with E-state index in [9.17, 15) is 14.9 Å². The molecule has 192 valence electrons. The summed E-state index contributed by atoms with van der Waals surface area (Å²) in [7, 11) is 0. The zero-order valence-electron chi connectivity index (χ0n) is 21.3. The smallest absolute Gasteiger partial charge is 0.275 e. The SMILES string of the molecule is CCn1cc(-c2ccnc3c(C(=O)Nc4cc(Oc5cc(C)cc(C)c5)cc([N+](=O)[O-])c4)cnn23)c(C)n1. The Morgan fingerprint density at radius 1 is 1.08 bits per heavy atom. The summed E-state index contributed by atoms with van der Waals surface area (Å²) in [5.41, 5.74) is 4.99. The van der Waals surface area contributed by atoms with Gasteiger partial charge in [-0.05, 0) is 57.0 Å². The number of carbonyl (C=O) groups is 1. The highest BCUT2D eigenvalue weighted by Gasteiger charge is 2.20. The van der Waals surface area contributed by atoms with E-state index in [-0.39, 0.29) is 22.7 Å². The summed E-state index contributed by atoms with van der Waals surface area (Å²) in [5, 5.41) is 23.2. The van der Waals surface area contributed by atoms with Crippen molar-refractivity contribution in [1.29, 1.82) is 0 Å². The van der Waals surface area contributed by atoms with Crippen molar-refractivity contribution in [2.45, 2.75) is 34.2 Å². The molecule has 3 aromatic heterocycles. The van der Waals surface area contributed by atoms with E-state index in [0.29, 0.717) is 11.4 Å². The number of carbonyl (C=O) groups excluding carboxylic acids is 1. The molecule has 38 heavy (non-hydrogen) atoms. The van der Waals surface area contributed by atoms with Crippen LogP contribution < -0.4 is 10.1 Å². The van der Waals surface area contributed by atoms with E-state index in [1.165, 1.54) is 24.4 Å². The Balaban J connectivity index is 1.47. The van der Waals surface area contributed by atoms with Crippen LogP contribution in [0.3, 0.4) is 0 Å². The van der Waals surface area contributed by atoms with Gasteiger partial charge in [-0.2, -0.15) is 10.2 Å². The van der Waals surface area contributed by atoms with E-state index in [1.54, 1.807) is 10.7 Å². The largest absolute Gasteiger partial charge is 0.457 e. The Morgan fingerprint density at radius 3 is 2.50 bits per heavy atom. The number of benzene rings is 2. The number of nitrogens with one attached hydrogen (secondary N) is 1. The van der Waals surface area contributed by atoms with Gasteiger partial charge in [0.1, 0.15) is 17.1 Å². The van der Waals surface area contributed by atoms with Crippen LogP contribution in [0.4, 0.5) is 11.4 Å². The Bertz CT molecular complexity index is 1680. The van der Waals surface area contributed by atoms with Crippen LogP contribution in [0.25, 0.3) is 16.9 Å². The minimum atomic E-state index is -0.536. The lowest BCUT2D eigenvalue weighted by atomic mass is 10.1. The van der Waals surface area contributed by atoms with Gasteiger partial charge in [0.2, 0.25) is 0 Å². The molecule has 0 bridgehead atoms. The van der Waals surface area contributed by atoms with Gasteiger partial charge in [-0.1, -0.05) is 6.07 Å². The molecule has 0 aliphatic carbocycles. The van der Waals surface area contributed by atoms with Crippen molar-refractivity contribution < 1.29 is 14.5 Å². The quantitative estimate of drug-likeness (QED) is 0.226. The number of rotatable bonds is 7. The van der Waals surface area contributed by atoms with Crippen LogP contribution in [-0.4, -0.2) is 35.2 Å². The van der Waals surface area contributed by atoms with Gasteiger partial charge in [0.25, 0.3) is 11.6 Å². The van der Waals surface area contributed by atoms with Gasteiger partial charge in [0, 0.05) is 36.6 Å². The molecule has 2 aromatic carbocycles. The first-order chi connectivity index (χ1) is 18.2. The van der Waals surface area contributed by atoms with Crippen LogP contribution in [0.1, 0.15) is 34.1 Å². The van der Waals surface area contributed by atoms with Crippen molar-refractivity contribution in [3.8, 4) is 22.8 Å². The summed E-state index contributed by atoms with van der Waals surface area (Å²) >= 11 is 0. The molecule has 3 heterocycles. The second kappa shape index (κ2) is 9.77. The fourth-order valence-electron chi connectivity index (χ4n) is 4.33. The van der Waals surface area contributed by atoms with E-state index in [4.69, 9.17) is 4.74 Å². The topological polar surface area (TPSA) is 129 Å². The molecule has 0 atom stereocenters. The number of ether oxygens (including phenoxy) is 1. The van der Waals surface area contributed by atoms with Gasteiger partial charge in [0.05, 0.1) is 34.3 Å². The van der Waals surface area contributed by atoms with Crippen molar-refractivity contribution in [3.05, 3.63) is 93.6 Å². The number of fused-ring (bicyclic) bond motifs is 1. The fraction of sp³-hybridized carbons (Fsp3) is 0.185. The van der Waals surface area contributed by atoms with Gasteiger partial charge in [0.15, 0.2) is 5.65 Å². The second-order valence-corrected chi connectivity index (χ2v) is 8.96. The Kier molecular flexibility index (Phi) is 6.33. The highest BCUT2D eigenvalue weighted by Crippen LogP contribution is 2.31. The third-order valence-electron chi connectivity index (χ3n) is 5.98. The summed E-state index contributed by atoms with van der Waals surface area (Å²) in [6, 6.07) is 11.6. The molecule has 11 nitrogen and oxygen atoms in total. The first-order valence-corrected chi connectivity index (χ1v) is 12.0. The molecule has 0 aliphatic rings. The maximum Gasteiger partial charge on any atom is 0.275 e. The van der Waals surface area contributed by atoms with E-state index < -0.39 is 10.8 Å². The molecule has 0 fully saturated rings. The van der Waals surface area contributed by atoms with Crippen LogP contribution in [0.5, 0.6) is 11.5 Å². The minimum absolute atomic E-state index is 0.208. The third-order valence-corrected chi connectivity index (χ3v) is 5.98. The summed E-state index contributed by atoms with van der Waals surface area (Å²) in [4.78, 5) is 28.7. The number of aromatic nitrogens is 5. The lowest BCUT2D eigenvalue weighted by Gasteiger charge is -2.10. The van der Waals surface area contributed by atoms with Crippen molar-refractivity contribution >= 4 is 22.9 Å². The number of nitrogens with zero attached hydrogens (tertiary/aromatic N) is 6. The van der Waals surface area contributed by atoms with E-state index in [2.05, 4.69) is 20.5 Å². The van der Waals surface area contributed by atoms with E-state index in [0.717, 1.165) is 34.6 Å². The Labute approximate surface area is 217 Å². The van der Waals surface area contributed by atoms with Gasteiger partial charge in [-0.15, -0.1) is 0 Å². The molecule has 5 rings (SSSR count). The number of hydrogen-bond acceptors (Lipinski definition) is 7. The molecule has 0 unspecified atom stereocenters. The number of nitro groups is 1. The lowest BCUT2D eigenvalue weighted by Crippen LogP contribution is -2.12. The van der Waals surface area contributed by atoms with Gasteiger partial charge < -0.3 is 10.1 Å². The second-order valence-electron chi connectivity index (χ2n) is 8.96. The van der Waals surface area contributed by atoms with Gasteiger partial charge in [-0.3, -0.25) is 19.6 Å². The van der Waals surface area contributed by atoms with Crippen LogP contribution in [-0.2, 0) is 6.54 Å². The fourth-order valence-corrected chi connectivity index (χ4v) is 4.33. The number of non-ortho nitro benzene ring substituents is 1. The number of hydrogen-bond donors (Lipinski definition) is 1. The van der Waals surface area contributed by atoms with E-state index >= 15 is 0 Å². The molecular weight excluding hydrogens is 486 g/mol. The molecule has 0 saturated heterocycles. The minimum Gasteiger partial charge on any atom is -0.457 e. The summed E-state index contributed by atoms with van der Waals surface area (Å²) in [6.45, 7) is 8.50. The molecule has 0 spiro atoms. The molecule has 0 aliphatic heterocycles. The van der Waals surface area contributed by atoms with Crippen molar-refractivity contribution in [3.63, 3.8) is 0 Å². The number of nitro benzene ring substituents is 1. The maximum absolute atomic E-state index is 13.3. The molecule has 1 N–H and O–H groups in total. The van der Waals surface area contributed by atoms with Crippen LogP contribution in [0.15, 0.2) is 61.1 Å². The molecule has 11 heteroatoms. The van der Waals surface area contributed by atoms with Crippen molar-refractivity contribution in [1.82, 2.24) is 24.4 Å². The molecular formula is C27H25N7O4. The molecule has 0 saturated carbocycles. The predicted molar refractivity (Wildman–Crippen MR) is 142 cm³/mol. The summed E-state index contributed by atoms with van der Waals surface area (Å²) < 4.78 is 9.32. The Hall–Kier alpha value is -5.06. The molecule has 1 amide bonds. The standard InChI is InChI=1S/C27H25N7O4/c1-5-32-15-24(18(4)31-32)25-6-7-28-26-23(14-29-33(25)26)27(35)30-19-11-20(34(36)37)13-22(12-19)38-21-9-16(2)8-17(3)10-21/h6-15H,5H2,1-4H3,(H,30,35). The first kappa shape index (κ1) is 24.6. The van der Waals surface area contributed by atoms with Gasteiger partial charge in [-0.25, -0.2) is 9.50 Å². The number of aryl methyl sites for hydroxylation is 4. The first-order valence-electron chi connectivity index (χ1n) is 12.0. The molecule has 5 aromatic rings. The highest BCUT2D eigenvalue weighted by molar-refractivity contribution is 6.08. The Morgan fingerprint density at radius 2 is 1.82 bits per heavy atom. The summed E-state index contributed by atoms with van der Waals surface area (Å²) in [5.74, 6) is 0.257. The molecule has 0 radical (unpaired) electrons. The monoisotopic (exact) mass is 511 g/mol. The van der Waals surface area contributed by atoms with Crippen molar-refractivity contribution in [2.24, 2.45) is 0 Å². The lowest BCUT2D eigenvalue weighted by molar-refractivity contribution is -0.384. The van der Waals surface area contributed by atoms with Crippen LogP contribution in [0.2, 0.25) is 0 Å². The maximum atomic E-state index is 13.3. The summed E-state index contributed by atoms with van der Waals surface area (Å²) in [6.07, 6.45) is 4.95. The van der Waals surface area contributed by atoms with Crippen LogP contribution >= 0.6 is 0 Å². The third kappa shape index (κ3) is 4.81. The average molecular weight is 512 g/mol. The number of anilines is 1. The highest BCUT2D eigenvalue weighted by atomic mass is 16.6. The van der Waals surface area contributed by atoms with Crippen LogP contribution in [0, 0.1) is 30.9 Å². The number of amides is 1. The van der Waals surface area contributed by atoms with Crippen molar-refractivity contribution in [2.75, 3.05) is 5.32 Å².